The normalized spacial score (nSPS) is 11.2. The molecule has 1 aromatic heterocycles. The maximum atomic E-state index is 5.47. The average Bonchev–Trinajstić information content (AvgIpc) is 3.78. The molecule has 296 valence electrons. The first-order valence-electron chi connectivity index (χ1n) is 21.6. The molecular weight excluding hydrogens is 761 g/mol. The lowest BCUT2D eigenvalue weighted by Gasteiger charge is -2.24. The molecule has 0 N–H and O–H groups in total. The van der Waals surface area contributed by atoms with Crippen molar-refractivity contribution in [3.63, 3.8) is 0 Å². The van der Waals surface area contributed by atoms with Gasteiger partial charge in [-0.25, -0.2) is 4.98 Å². The van der Waals surface area contributed by atoms with Crippen LogP contribution in [0.2, 0.25) is 0 Å². The van der Waals surface area contributed by atoms with Crippen molar-refractivity contribution in [2.75, 3.05) is 0 Å². The Morgan fingerprint density at radius 2 is 0.619 bits per heavy atom. The summed E-state index contributed by atoms with van der Waals surface area (Å²) in [6.45, 7) is 0. The minimum Gasteiger partial charge on any atom is -0.292 e. The van der Waals surface area contributed by atoms with Crippen molar-refractivity contribution in [3.8, 4) is 95.2 Å². The molecule has 0 saturated heterocycles. The van der Waals surface area contributed by atoms with Crippen molar-refractivity contribution in [1.29, 1.82) is 0 Å². The number of aromatic nitrogens is 2. The predicted molar refractivity (Wildman–Crippen MR) is 265 cm³/mol. The molecule has 0 radical (unpaired) electrons. The van der Waals surface area contributed by atoms with E-state index in [9.17, 15) is 0 Å². The predicted octanol–water partition coefficient (Wildman–Crippen LogP) is 16.4. The molecule has 11 aromatic rings. The van der Waals surface area contributed by atoms with Crippen molar-refractivity contribution in [3.05, 3.63) is 255 Å². The summed E-state index contributed by atoms with van der Waals surface area (Å²) in [6, 6.07) is 91.3. The Bertz CT molecular complexity index is 3310. The fourth-order valence-electron chi connectivity index (χ4n) is 9.18. The van der Waals surface area contributed by atoms with Gasteiger partial charge in [0.25, 0.3) is 0 Å². The van der Waals surface area contributed by atoms with E-state index >= 15 is 0 Å². The van der Waals surface area contributed by atoms with Gasteiger partial charge in [-0.3, -0.25) is 4.57 Å². The van der Waals surface area contributed by atoms with Gasteiger partial charge in [0.2, 0.25) is 0 Å². The van der Waals surface area contributed by atoms with Crippen molar-refractivity contribution >= 4 is 10.8 Å². The van der Waals surface area contributed by atoms with Crippen LogP contribution >= 0.6 is 0 Å². The second-order valence-electron chi connectivity index (χ2n) is 15.8. The van der Waals surface area contributed by atoms with Gasteiger partial charge in [0, 0.05) is 22.4 Å². The molecule has 63 heavy (non-hydrogen) atoms. The van der Waals surface area contributed by atoms with E-state index in [0.717, 1.165) is 50.7 Å². The molecule has 2 nitrogen and oxygen atoms in total. The molecule has 11 rings (SSSR count). The van der Waals surface area contributed by atoms with E-state index in [1.807, 2.05) is 0 Å². The monoisotopic (exact) mass is 802 g/mol. The molecule has 0 unspecified atom stereocenters. The van der Waals surface area contributed by atoms with E-state index < -0.39 is 0 Å². The Hall–Kier alpha value is -8.33. The van der Waals surface area contributed by atoms with Crippen LogP contribution in [-0.4, -0.2) is 9.55 Å². The lowest BCUT2D eigenvalue weighted by Crippen LogP contribution is -2.00. The van der Waals surface area contributed by atoms with Crippen molar-refractivity contribution < 1.29 is 0 Å². The van der Waals surface area contributed by atoms with Crippen molar-refractivity contribution in [2.24, 2.45) is 0 Å². The number of para-hydroxylation sites is 1. The molecule has 10 aromatic carbocycles. The Kier molecular flexibility index (Phi) is 9.93. The van der Waals surface area contributed by atoms with Gasteiger partial charge < -0.3 is 0 Å². The molecule has 0 atom stereocenters. The van der Waals surface area contributed by atoms with Crippen LogP contribution in [-0.2, 0) is 0 Å². The van der Waals surface area contributed by atoms with Crippen LogP contribution in [0.3, 0.4) is 0 Å². The average molecular weight is 803 g/mol. The number of benzene rings is 10. The topological polar surface area (TPSA) is 17.8 Å². The SMILES string of the molecule is c1ccc(-c2nc(-c3ccc(-c4ccc5c(-c6ccccc6)c(-c6ccccc6)c(-c6ccccc6)c(-c6ccccc6)c5c4)cc3)n(-c3ccccc3)c2-c2ccccc2)cc1. The van der Waals surface area contributed by atoms with Crippen molar-refractivity contribution in [1.82, 2.24) is 9.55 Å². The highest BCUT2D eigenvalue weighted by atomic mass is 15.1. The number of hydrogen-bond donors (Lipinski definition) is 0. The Labute approximate surface area is 368 Å². The van der Waals surface area contributed by atoms with E-state index in [0.29, 0.717) is 0 Å². The van der Waals surface area contributed by atoms with Gasteiger partial charge in [-0.15, -0.1) is 0 Å². The van der Waals surface area contributed by atoms with Gasteiger partial charge in [-0.2, -0.15) is 0 Å². The maximum absolute atomic E-state index is 5.47. The van der Waals surface area contributed by atoms with Crippen LogP contribution in [0.1, 0.15) is 0 Å². The summed E-state index contributed by atoms with van der Waals surface area (Å²) in [5.74, 6) is 0.892. The summed E-state index contributed by atoms with van der Waals surface area (Å²) in [6.07, 6.45) is 0. The van der Waals surface area contributed by atoms with Crippen LogP contribution < -0.4 is 0 Å². The number of fused-ring (bicyclic) bond motifs is 1. The molecule has 0 spiro atoms. The first kappa shape index (κ1) is 37.7. The third kappa shape index (κ3) is 7.04. The number of hydrogen-bond acceptors (Lipinski definition) is 1. The van der Waals surface area contributed by atoms with Gasteiger partial charge in [-0.05, 0) is 84.6 Å². The second kappa shape index (κ2) is 16.6. The molecule has 0 fully saturated rings. The van der Waals surface area contributed by atoms with Crippen LogP contribution in [0.4, 0.5) is 0 Å². The molecule has 0 aliphatic rings. The lowest BCUT2D eigenvalue weighted by molar-refractivity contribution is 1.07. The van der Waals surface area contributed by atoms with Crippen molar-refractivity contribution in [2.45, 2.75) is 0 Å². The largest absolute Gasteiger partial charge is 0.292 e. The fourth-order valence-corrected chi connectivity index (χ4v) is 9.18. The summed E-state index contributed by atoms with van der Waals surface area (Å²) in [4.78, 5) is 5.47. The molecule has 1 heterocycles. The molecule has 0 aliphatic heterocycles. The highest BCUT2D eigenvalue weighted by Crippen LogP contribution is 2.51. The molecule has 2 heteroatoms. The summed E-state index contributed by atoms with van der Waals surface area (Å²) >= 11 is 0. The third-order valence-electron chi connectivity index (χ3n) is 12.0. The third-order valence-corrected chi connectivity index (χ3v) is 12.0. The van der Waals surface area contributed by atoms with E-state index in [1.54, 1.807) is 0 Å². The van der Waals surface area contributed by atoms with Gasteiger partial charge in [-0.1, -0.05) is 237 Å². The number of imidazole rings is 1. The van der Waals surface area contributed by atoms with Gasteiger partial charge in [0.15, 0.2) is 0 Å². The minimum atomic E-state index is 0.892. The van der Waals surface area contributed by atoms with Crippen LogP contribution in [0.5, 0.6) is 0 Å². The summed E-state index contributed by atoms with van der Waals surface area (Å²) in [5, 5.41) is 2.42. The minimum absolute atomic E-state index is 0.892. The Balaban J connectivity index is 1.14. The van der Waals surface area contributed by atoms with Crippen LogP contribution in [0.15, 0.2) is 255 Å². The standard InChI is InChI=1S/C61H42N2/c1-8-22-44(23-9-1)55-53-41-40-51(42-54(53)56(45-24-10-2-11-25-45)58(47-28-14-4-15-29-47)57(55)46-26-12-3-13-27-46)43-36-38-50(39-37-43)61-62-59(48-30-16-5-17-31-48)60(49-32-18-6-19-33-49)63(61)52-34-20-7-21-35-52/h1-42H. The zero-order chi connectivity index (χ0) is 42.0. The van der Waals surface area contributed by atoms with E-state index in [1.165, 1.54) is 55.3 Å². The molecule has 0 aliphatic carbocycles. The van der Waals surface area contributed by atoms with E-state index in [2.05, 4.69) is 259 Å². The highest BCUT2D eigenvalue weighted by Gasteiger charge is 2.25. The number of nitrogens with zero attached hydrogens (tertiary/aromatic N) is 2. The smallest absolute Gasteiger partial charge is 0.145 e. The van der Waals surface area contributed by atoms with Crippen LogP contribution in [0.25, 0.3) is 106 Å². The van der Waals surface area contributed by atoms with Gasteiger partial charge in [0.1, 0.15) is 5.82 Å². The highest BCUT2D eigenvalue weighted by molar-refractivity contribution is 6.18. The maximum Gasteiger partial charge on any atom is 0.145 e. The van der Waals surface area contributed by atoms with E-state index in [-0.39, 0.29) is 0 Å². The lowest BCUT2D eigenvalue weighted by atomic mass is 9.78. The summed E-state index contributed by atoms with van der Waals surface area (Å²) in [7, 11) is 0. The fraction of sp³-hybridized carbons (Fsp3) is 0. The number of rotatable bonds is 9. The summed E-state index contributed by atoms with van der Waals surface area (Å²) in [5.41, 5.74) is 18.2. The van der Waals surface area contributed by atoms with Gasteiger partial charge in [0.05, 0.1) is 11.4 Å². The van der Waals surface area contributed by atoms with Crippen LogP contribution in [0, 0.1) is 0 Å². The second-order valence-corrected chi connectivity index (χ2v) is 15.8. The quantitative estimate of drug-likeness (QED) is 0.142. The first-order valence-corrected chi connectivity index (χ1v) is 21.6. The van der Waals surface area contributed by atoms with Gasteiger partial charge >= 0.3 is 0 Å². The molecular formula is C61H42N2. The van der Waals surface area contributed by atoms with E-state index in [4.69, 9.17) is 4.98 Å². The Morgan fingerprint density at radius 1 is 0.254 bits per heavy atom. The first-order chi connectivity index (χ1) is 31.3. The summed E-state index contributed by atoms with van der Waals surface area (Å²) < 4.78 is 2.31. The zero-order valence-electron chi connectivity index (χ0n) is 34.6. The zero-order valence-corrected chi connectivity index (χ0v) is 34.6. The molecule has 0 amide bonds. The molecule has 0 bridgehead atoms. The Morgan fingerprint density at radius 3 is 1.10 bits per heavy atom. The molecule has 0 saturated carbocycles.